The predicted octanol–water partition coefficient (Wildman–Crippen LogP) is 5.48. The van der Waals surface area contributed by atoms with Gasteiger partial charge in [-0.1, -0.05) is 42.5 Å². The Bertz CT molecular complexity index is 1170. The molecule has 1 unspecified atom stereocenters. The molecule has 5 rings (SSSR count). The van der Waals surface area contributed by atoms with Crippen molar-refractivity contribution in [2.75, 3.05) is 33.9 Å². The van der Waals surface area contributed by atoms with Crippen molar-refractivity contribution in [3.05, 3.63) is 94.5 Å². The SMILES string of the molecule is COc1cc2c(cc1OC)C(c1ccccc1)N(Cc1cccc(C(=O)N3CCCCC3)c1)CC2. The Kier molecular flexibility index (Phi) is 7.05. The summed E-state index contributed by atoms with van der Waals surface area (Å²) in [6.45, 7) is 3.43. The monoisotopic (exact) mass is 470 g/mol. The van der Waals surface area contributed by atoms with Crippen LogP contribution in [0.15, 0.2) is 66.7 Å². The fourth-order valence-corrected chi connectivity index (χ4v) is 5.51. The number of methoxy groups -OCH3 is 2. The molecule has 3 aromatic carbocycles. The van der Waals surface area contributed by atoms with Crippen LogP contribution in [0.5, 0.6) is 11.5 Å². The largest absolute Gasteiger partial charge is 0.493 e. The zero-order valence-corrected chi connectivity index (χ0v) is 20.7. The first kappa shape index (κ1) is 23.4. The van der Waals surface area contributed by atoms with Gasteiger partial charge in [0.15, 0.2) is 11.5 Å². The second-order valence-corrected chi connectivity index (χ2v) is 9.49. The molecule has 0 radical (unpaired) electrons. The lowest BCUT2D eigenvalue weighted by molar-refractivity contribution is 0.0724. The Morgan fingerprint density at radius 3 is 2.34 bits per heavy atom. The van der Waals surface area contributed by atoms with Gasteiger partial charge in [0.2, 0.25) is 0 Å². The molecule has 1 amide bonds. The molecule has 1 atom stereocenters. The predicted molar refractivity (Wildman–Crippen MR) is 138 cm³/mol. The third kappa shape index (κ3) is 4.92. The van der Waals surface area contributed by atoms with Crippen molar-refractivity contribution in [2.45, 2.75) is 38.3 Å². The molecule has 1 saturated heterocycles. The van der Waals surface area contributed by atoms with E-state index in [0.29, 0.717) is 0 Å². The van der Waals surface area contributed by atoms with E-state index in [9.17, 15) is 4.79 Å². The molecule has 0 saturated carbocycles. The number of amides is 1. The molecule has 2 aliphatic rings. The number of ether oxygens (including phenoxy) is 2. The molecule has 35 heavy (non-hydrogen) atoms. The fourth-order valence-electron chi connectivity index (χ4n) is 5.51. The van der Waals surface area contributed by atoms with E-state index in [4.69, 9.17) is 9.47 Å². The van der Waals surface area contributed by atoms with E-state index in [1.165, 1.54) is 23.1 Å². The molecule has 0 aromatic heterocycles. The lowest BCUT2D eigenvalue weighted by Gasteiger charge is -2.38. The molecule has 0 spiro atoms. The third-order valence-corrected chi connectivity index (χ3v) is 7.29. The van der Waals surface area contributed by atoms with Crippen LogP contribution in [0, 0.1) is 0 Å². The number of piperidine rings is 1. The quantitative estimate of drug-likeness (QED) is 0.479. The van der Waals surface area contributed by atoms with Crippen LogP contribution in [0.4, 0.5) is 0 Å². The van der Waals surface area contributed by atoms with Gasteiger partial charge in [-0.05, 0) is 72.2 Å². The van der Waals surface area contributed by atoms with Crippen molar-refractivity contribution in [3.63, 3.8) is 0 Å². The summed E-state index contributed by atoms with van der Waals surface area (Å²) in [5.74, 6) is 1.69. The summed E-state index contributed by atoms with van der Waals surface area (Å²) in [7, 11) is 3.37. The summed E-state index contributed by atoms with van der Waals surface area (Å²) in [4.78, 5) is 17.6. The van der Waals surface area contributed by atoms with Gasteiger partial charge in [0.05, 0.1) is 20.3 Å². The Balaban J connectivity index is 1.46. The highest BCUT2D eigenvalue weighted by Crippen LogP contribution is 2.41. The number of hydrogen-bond acceptors (Lipinski definition) is 4. The molecule has 5 heteroatoms. The van der Waals surface area contributed by atoms with E-state index in [-0.39, 0.29) is 11.9 Å². The maximum absolute atomic E-state index is 13.1. The number of carbonyl (C=O) groups excluding carboxylic acids is 1. The number of fused-ring (bicyclic) bond motifs is 1. The first-order valence-corrected chi connectivity index (χ1v) is 12.6. The van der Waals surface area contributed by atoms with Gasteiger partial charge in [-0.3, -0.25) is 9.69 Å². The van der Waals surface area contributed by atoms with Gasteiger partial charge in [0, 0.05) is 31.7 Å². The highest BCUT2D eigenvalue weighted by Gasteiger charge is 2.30. The van der Waals surface area contributed by atoms with Crippen LogP contribution in [0.25, 0.3) is 0 Å². The Hall–Kier alpha value is -3.31. The van der Waals surface area contributed by atoms with Gasteiger partial charge < -0.3 is 14.4 Å². The summed E-state index contributed by atoms with van der Waals surface area (Å²) in [6, 6.07) is 23.2. The van der Waals surface area contributed by atoms with Gasteiger partial charge in [-0.2, -0.15) is 0 Å². The van der Waals surface area contributed by atoms with Crippen LogP contribution in [0.2, 0.25) is 0 Å². The van der Waals surface area contributed by atoms with Crippen LogP contribution >= 0.6 is 0 Å². The normalized spacial score (nSPS) is 18.1. The third-order valence-electron chi connectivity index (χ3n) is 7.29. The molecule has 0 bridgehead atoms. The molecular formula is C30H34N2O3. The number of benzene rings is 3. The topological polar surface area (TPSA) is 42.0 Å². The van der Waals surface area contributed by atoms with Crippen molar-refractivity contribution in [1.29, 1.82) is 0 Å². The van der Waals surface area contributed by atoms with Crippen LogP contribution in [-0.4, -0.2) is 49.6 Å². The molecule has 1 fully saturated rings. The highest BCUT2D eigenvalue weighted by molar-refractivity contribution is 5.94. The molecule has 0 N–H and O–H groups in total. The van der Waals surface area contributed by atoms with Crippen molar-refractivity contribution < 1.29 is 14.3 Å². The number of carbonyl (C=O) groups is 1. The number of rotatable bonds is 6. The van der Waals surface area contributed by atoms with Crippen LogP contribution in [-0.2, 0) is 13.0 Å². The molecule has 3 aromatic rings. The zero-order valence-electron chi connectivity index (χ0n) is 20.7. The van der Waals surface area contributed by atoms with E-state index in [2.05, 4.69) is 59.5 Å². The second kappa shape index (κ2) is 10.5. The van der Waals surface area contributed by atoms with Gasteiger partial charge >= 0.3 is 0 Å². The smallest absolute Gasteiger partial charge is 0.253 e. The average molecular weight is 471 g/mol. The standard InChI is InChI=1S/C30H34N2O3/c1-34-27-19-24-14-17-32(29(23-11-5-3-6-12-23)26(24)20-28(27)35-2)21-22-10-9-13-25(18-22)30(33)31-15-7-4-8-16-31/h3,5-6,9-13,18-20,29H,4,7-8,14-17,21H2,1-2H3. The van der Waals surface area contributed by atoms with Crippen LogP contribution < -0.4 is 9.47 Å². The summed E-state index contributed by atoms with van der Waals surface area (Å²) in [6.07, 6.45) is 4.36. The lowest BCUT2D eigenvalue weighted by Crippen LogP contribution is -2.36. The van der Waals surface area contributed by atoms with Gasteiger partial charge in [-0.15, -0.1) is 0 Å². The fraction of sp³-hybridized carbons (Fsp3) is 0.367. The van der Waals surface area contributed by atoms with E-state index < -0.39 is 0 Å². The molecule has 0 aliphatic carbocycles. The average Bonchev–Trinajstić information content (AvgIpc) is 2.92. The van der Waals surface area contributed by atoms with Crippen molar-refractivity contribution in [1.82, 2.24) is 9.80 Å². The van der Waals surface area contributed by atoms with E-state index in [0.717, 1.165) is 68.1 Å². The van der Waals surface area contributed by atoms with Crippen molar-refractivity contribution in [3.8, 4) is 11.5 Å². The molecule has 2 aliphatic heterocycles. The second-order valence-electron chi connectivity index (χ2n) is 9.49. The summed E-state index contributed by atoms with van der Waals surface area (Å²) < 4.78 is 11.2. The van der Waals surface area contributed by atoms with Gasteiger partial charge in [-0.25, -0.2) is 0 Å². The molecule has 5 nitrogen and oxygen atoms in total. The van der Waals surface area contributed by atoms with E-state index in [1.807, 2.05) is 17.0 Å². The number of hydrogen-bond donors (Lipinski definition) is 0. The van der Waals surface area contributed by atoms with Gasteiger partial charge in [0.1, 0.15) is 0 Å². The minimum absolute atomic E-state index is 0.0983. The molecular weight excluding hydrogens is 436 g/mol. The first-order valence-electron chi connectivity index (χ1n) is 12.6. The van der Waals surface area contributed by atoms with E-state index in [1.54, 1.807) is 14.2 Å². The van der Waals surface area contributed by atoms with Gasteiger partial charge in [0.25, 0.3) is 5.91 Å². The molecule has 2 heterocycles. The maximum atomic E-state index is 13.1. The highest BCUT2D eigenvalue weighted by atomic mass is 16.5. The minimum atomic E-state index is 0.0983. The Morgan fingerprint density at radius 2 is 1.60 bits per heavy atom. The van der Waals surface area contributed by atoms with E-state index >= 15 is 0 Å². The van der Waals surface area contributed by atoms with Crippen LogP contribution in [0.3, 0.4) is 0 Å². The summed E-state index contributed by atoms with van der Waals surface area (Å²) >= 11 is 0. The minimum Gasteiger partial charge on any atom is -0.493 e. The Morgan fingerprint density at radius 1 is 0.857 bits per heavy atom. The lowest BCUT2D eigenvalue weighted by atomic mass is 9.87. The number of likely N-dealkylation sites (tertiary alicyclic amines) is 1. The van der Waals surface area contributed by atoms with Crippen LogP contribution in [0.1, 0.15) is 57.9 Å². The summed E-state index contributed by atoms with van der Waals surface area (Å²) in [5.41, 5.74) is 5.76. The number of nitrogens with zero attached hydrogens (tertiary/aromatic N) is 2. The van der Waals surface area contributed by atoms with Crippen molar-refractivity contribution >= 4 is 5.91 Å². The zero-order chi connectivity index (χ0) is 24.2. The summed E-state index contributed by atoms with van der Waals surface area (Å²) in [5, 5.41) is 0. The Labute approximate surface area is 208 Å². The van der Waals surface area contributed by atoms with Crippen molar-refractivity contribution in [2.24, 2.45) is 0 Å². The molecule has 182 valence electrons. The maximum Gasteiger partial charge on any atom is 0.253 e. The first-order chi connectivity index (χ1) is 17.2.